The van der Waals surface area contributed by atoms with Crippen LogP contribution in [-0.2, 0) is 0 Å². The van der Waals surface area contributed by atoms with E-state index in [1.54, 1.807) is 6.07 Å². The highest BCUT2D eigenvalue weighted by atomic mass is 16.4. The summed E-state index contributed by atoms with van der Waals surface area (Å²) in [5.74, 6) is -0.252. The quantitative estimate of drug-likeness (QED) is 0.752. The lowest BCUT2D eigenvalue weighted by atomic mass is 10.3. The van der Waals surface area contributed by atoms with Gasteiger partial charge in [0.1, 0.15) is 5.69 Å². The van der Waals surface area contributed by atoms with Crippen LogP contribution in [0, 0.1) is 0 Å². The summed E-state index contributed by atoms with van der Waals surface area (Å²) < 4.78 is 0. The van der Waals surface area contributed by atoms with Crippen LogP contribution in [0.2, 0.25) is 0 Å². The van der Waals surface area contributed by atoms with Crippen molar-refractivity contribution in [2.45, 2.75) is 26.7 Å². The number of anilines is 1. The molecule has 0 aromatic carbocycles. The highest BCUT2D eigenvalue weighted by Gasteiger charge is 2.12. The molecule has 15 heavy (non-hydrogen) atoms. The maximum Gasteiger partial charge on any atom is 0.353 e. The molecule has 0 bridgehead atoms. The Bertz CT molecular complexity index is 316. The van der Waals surface area contributed by atoms with Crippen molar-refractivity contribution >= 4 is 11.8 Å². The second-order valence-corrected chi connectivity index (χ2v) is 3.43. The second-order valence-electron chi connectivity index (χ2n) is 3.43. The van der Waals surface area contributed by atoms with E-state index in [1.807, 2.05) is 0 Å². The molecule has 5 heteroatoms. The van der Waals surface area contributed by atoms with E-state index in [9.17, 15) is 4.79 Å². The lowest BCUT2D eigenvalue weighted by Crippen LogP contribution is -2.25. The first kappa shape index (κ1) is 11.6. The van der Waals surface area contributed by atoms with Crippen molar-refractivity contribution < 1.29 is 9.90 Å². The summed E-state index contributed by atoms with van der Waals surface area (Å²) in [5.41, 5.74) is 0.141. The van der Waals surface area contributed by atoms with Gasteiger partial charge in [-0.2, -0.15) is 5.10 Å². The van der Waals surface area contributed by atoms with Crippen molar-refractivity contribution in [1.82, 2.24) is 10.2 Å². The summed E-state index contributed by atoms with van der Waals surface area (Å²) in [6.45, 7) is 5.98. The third kappa shape index (κ3) is 2.97. The number of nitrogens with zero attached hydrogens (tertiary/aromatic N) is 2. The van der Waals surface area contributed by atoms with Crippen LogP contribution >= 0.6 is 0 Å². The highest BCUT2D eigenvalue weighted by molar-refractivity contribution is 5.86. The van der Waals surface area contributed by atoms with Crippen LogP contribution in [0.3, 0.4) is 0 Å². The van der Waals surface area contributed by atoms with Gasteiger partial charge in [0, 0.05) is 19.2 Å². The molecule has 84 valence electrons. The zero-order valence-electron chi connectivity index (χ0n) is 9.16. The monoisotopic (exact) mass is 211 g/mol. The summed E-state index contributed by atoms with van der Waals surface area (Å²) in [4.78, 5) is 12.7. The maximum absolute atomic E-state index is 10.7. The number of aromatic amines is 1. The van der Waals surface area contributed by atoms with E-state index in [1.165, 1.54) is 0 Å². The van der Waals surface area contributed by atoms with E-state index in [2.05, 4.69) is 28.9 Å². The van der Waals surface area contributed by atoms with Gasteiger partial charge in [-0.15, -0.1) is 0 Å². The van der Waals surface area contributed by atoms with Crippen LogP contribution in [0.15, 0.2) is 6.07 Å². The highest BCUT2D eigenvalue weighted by Crippen LogP contribution is 2.12. The van der Waals surface area contributed by atoms with Gasteiger partial charge in [-0.3, -0.25) is 5.10 Å². The Morgan fingerprint density at radius 3 is 2.47 bits per heavy atom. The third-order valence-electron chi connectivity index (χ3n) is 2.11. The fraction of sp³-hybridized carbons (Fsp3) is 0.600. The van der Waals surface area contributed by atoms with Crippen LogP contribution in [0.1, 0.15) is 37.2 Å². The Morgan fingerprint density at radius 1 is 1.47 bits per heavy atom. The molecule has 0 amide bonds. The average molecular weight is 211 g/mol. The molecular weight excluding hydrogens is 194 g/mol. The number of hydrogen-bond acceptors (Lipinski definition) is 3. The summed E-state index contributed by atoms with van der Waals surface area (Å²) in [6, 6.07) is 1.58. The number of aromatic carboxylic acids is 1. The molecule has 0 atom stereocenters. The number of carbonyl (C=O) groups is 1. The van der Waals surface area contributed by atoms with Gasteiger partial charge in [0.25, 0.3) is 0 Å². The fourth-order valence-electron chi connectivity index (χ4n) is 1.46. The molecule has 5 nitrogen and oxygen atoms in total. The van der Waals surface area contributed by atoms with Gasteiger partial charge in [-0.25, -0.2) is 4.79 Å². The number of rotatable bonds is 6. The van der Waals surface area contributed by atoms with Crippen molar-refractivity contribution in [2.24, 2.45) is 0 Å². The summed E-state index contributed by atoms with van der Waals surface area (Å²) in [5, 5.41) is 15.3. The Kier molecular flexibility index (Phi) is 4.15. The normalized spacial score (nSPS) is 10.3. The SMILES string of the molecule is CCCN(CCC)c1cc(C(=O)O)[nH]n1. The molecule has 0 aliphatic rings. The fourth-order valence-corrected chi connectivity index (χ4v) is 1.46. The number of H-pyrrole nitrogens is 1. The lowest BCUT2D eigenvalue weighted by Gasteiger charge is -2.20. The molecule has 1 aromatic rings. The minimum absolute atomic E-state index is 0.141. The molecule has 1 aromatic heterocycles. The molecule has 0 fully saturated rings. The van der Waals surface area contributed by atoms with Gasteiger partial charge in [-0.1, -0.05) is 13.8 Å². The van der Waals surface area contributed by atoms with Gasteiger partial charge in [0.15, 0.2) is 5.82 Å². The topological polar surface area (TPSA) is 69.2 Å². The van der Waals surface area contributed by atoms with E-state index in [-0.39, 0.29) is 5.69 Å². The first-order chi connectivity index (χ1) is 7.19. The second kappa shape index (κ2) is 5.38. The summed E-state index contributed by atoms with van der Waals surface area (Å²) >= 11 is 0. The van der Waals surface area contributed by atoms with E-state index in [4.69, 9.17) is 5.11 Å². The van der Waals surface area contributed by atoms with E-state index >= 15 is 0 Å². The first-order valence-corrected chi connectivity index (χ1v) is 5.22. The molecule has 2 N–H and O–H groups in total. The number of carboxylic acids is 1. The molecule has 0 spiro atoms. The molecule has 0 saturated carbocycles. The smallest absolute Gasteiger partial charge is 0.353 e. The zero-order valence-corrected chi connectivity index (χ0v) is 9.16. The van der Waals surface area contributed by atoms with Crippen LogP contribution in [0.25, 0.3) is 0 Å². The van der Waals surface area contributed by atoms with Gasteiger partial charge < -0.3 is 10.0 Å². The maximum atomic E-state index is 10.7. The van der Waals surface area contributed by atoms with Crippen molar-refractivity contribution in [3.05, 3.63) is 11.8 Å². The minimum atomic E-state index is -0.971. The Balaban J connectivity index is 2.76. The Hall–Kier alpha value is -1.52. The Morgan fingerprint density at radius 2 is 2.07 bits per heavy atom. The number of aromatic nitrogens is 2. The third-order valence-corrected chi connectivity index (χ3v) is 2.11. The number of hydrogen-bond donors (Lipinski definition) is 2. The van der Waals surface area contributed by atoms with Gasteiger partial charge in [-0.05, 0) is 12.8 Å². The molecule has 0 aliphatic carbocycles. The van der Waals surface area contributed by atoms with Crippen LogP contribution in [0.4, 0.5) is 5.82 Å². The molecular formula is C10H17N3O2. The first-order valence-electron chi connectivity index (χ1n) is 5.22. The van der Waals surface area contributed by atoms with Gasteiger partial charge in [0.2, 0.25) is 0 Å². The molecule has 0 aliphatic heterocycles. The Labute approximate surface area is 89.1 Å². The summed E-state index contributed by atoms with van der Waals surface area (Å²) in [7, 11) is 0. The average Bonchev–Trinajstić information content (AvgIpc) is 2.66. The van der Waals surface area contributed by atoms with Crippen molar-refractivity contribution in [3.63, 3.8) is 0 Å². The van der Waals surface area contributed by atoms with Crippen LogP contribution in [-0.4, -0.2) is 34.4 Å². The van der Waals surface area contributed by atoms with Gasteiger partial charge in [0.05, 0.1) is 0 Å². The molecule has 0 unspecified atom stereocenters. The number of carboxylic acid groups (broad SMARTS) is 1. The van der Waals surface area contributed by atoms with E-state index in [0.717, 1.165) is 31.7 Å². The molecule has 0 radical (unpaired) electrons. The predicted octanol–water partition coefficient (Wildman–Crippen LogP) is 1.73. The summed E-state index contributed by atoms with van der Waals surface area (Å²) in [6.07, 6.45) is 2.05. The zero-order chi connectivity index (χ0) is 11.3. The van der Waals surface area contributed by atoms with Crippen molar-refractivity contribution in [2.75, 3.05) is 18.0 Å². The standard InChI is InChI=1S/C10H17N3O2/c1-3-5-13(6-4-2)9-7-8(10(14)15)11-12-9/h7H,3-6H2,1-2H3,(H,11,12)(H,14,15). The van der Waals surface area contributed by atoms with Crippen molar-refractivity contribution in [1.29, 1.82) is 0 Å². The van der Waals surface area contributed by atoms with Crippen LogP contribution < -0.4 is 4.90 Å². The molecule has 1 rings (SSSR count). The van der Waals surface area contributed by atoms with Crippen molar-refractivity contribution in [3.8, 4) is 0 Å². The largest absolute Gasteiger partial charge is 0.477 e. The minimum Gasteiger partial charge on any atom is -0.477 e. The lowest BCUT2D eigenvalue weighted by molar-refractivity contribution is 0.0690. The number of nitrogens with one attached hydrogen (secondary N) is 1. The van der Waals surface area contributed by atoms with Crippen LogP contribution in [0.5, 0.6) is 0 Å². The van der Waals surface area contributed by atoms with E-state index < -0.39 is 5.97 Å². The van der Waals surface area contributed by atoms with E-state index in [0.29, 0.717) is 0 Å². The predicted molar refractivity (Wildman–Crippen MR) is 58.3 cm³/mol. The molecule has 1 heterocycles. The molecule has 0 saturated heterocycles. The van der Waals surface area contributed by atoms with Gasteiger partial charge >= 0.3 is 5.97 Å².